The standard InChI is InChI=1S/C12H12F6N2O/c1-20(6-7-4-2-3-5-8(7)19)10(21)9(11(13,14)15)12(16,17)18/h2-5,9H,6,19H2,1H3. The number of rotatable bonds is 3. The number of nitrogens with zero attached hydrogens (tertiary/aromatic N) is 1. The lowest BCUT2D eigenvalue weighted by Crippen LogP contribution is -2.48. The maximum absolute atomic E-state index is 12.5. The molecule has 1 amide bonds. The third-order valence-corrected chi connectivity index (χ3v) is 2.74. The van der Waals surface area contributed by atoms with E-state index in [0.717, 1.165) is 7.05 Å². The molecule has 3 nitrogen and oxygen atoms in total. The summed E-state index contributed by atoms with van der Waals surface area (Å²) in [4.78, 5) is 11.9. The van der Waals surface area contributed by atoms with Crippen LogP contribution in [-0.2, 0) is 11.3 Å². The van der Waals surface area contributed by atoms with Crippen LogP contribution in [0.25, 0.3) is 0 Å². The number of carbonyl (C=O) groups excluding carboxylic acids is 1. The van der Waals surface area contributed by atoms with E-state index < -0.39 is 30.7 Å². The Labute approximate surface area is 116 Å². The van der Waals surface area contributed by atoms with Gasteiger partial charge in [0.15, 0.2) is 0 Å². The van der Waals surface area contributed by atoms with E-state index in [2.05, 4.69) is 0 Å². The topological polar surface area (TPSA) is 46.3 Å². The van der Waals surface area contributed by atoms with Gasteiger partial charge in [0.25, 0.3) is 0 Å². The summed E-state index contributed by atoms with van der Waals surface area (Å²) in [6.45, 7) is -0.450. The summed E-state index contributed by atoms with van der Waals surface area (Å²) >= 11 is 0. The summed E-state index contributed by atoms with van der Waals surface area (Å²) in [5.41, 5.74) is 5.97. The second kappa shape index (κ2) is 5.82. The Bertz CT molecular complexity index is 497. The number of nitrogen functional groups attached to an aromatic ring is 1. The monoisotopic (exact) mass is 314 g/mol. The SMILES string of the molecule is CN(Cc1ccccc1N)C(=O)C(C(F)(F)F)C(F)(F)F. The van der Waals surface area contributed by atoms with Gasteiger partial charge < -0.3 is 10.6 Å². The highest BCUT2D eigenvalue weighted by Crippen LogP contribution is 2.40. The van der Waals surface area contributed by atoms with E-state index in [0.29, 0.717) is 4.90 Å². The maximum atomic E-state index is 12.5. The summed E-state index contributed by atoms with van der Waals surface area (Å²) in [7, 11) is 0.860. The van der Waals surface area contributed by atoms with Crippen molar-refractivity contribution < 1.29 is 31.1 Å². The zero-order valence-corrected chi connectivity index (χ0v) is 10.8. The zero-order chi connectivity index (χ0) is 16.4. The van der Waals surface area contributed by atoms with Crippen molar-refractivity contribution in [3.63, 3.8) is 0 Å². The van der Waals surface area contributed by atoms with E-state index in [-0.39, 0.29) is 11.3 Å². The molecule has 1 aromatic rings. The highest BCUT2D eigenvalue weighted by molar-refractivity contribution is 5.80. The molecule has 21 heavy (non-hydrogen) atoms. The summed E-state index contributed by atoms with van der Waals surface area (Å²) in [6.07, 6.45) is -11.4. The van der Waals surface area contributed by atoms with Gasteiger partial charge in [-0.15, -0.1) is 0 Å². The second-order valence-corrected chi connectivity index (χ2v) is 4.41. The van der Waals surface area contributed by atoms with Crippen molar-refractivity contribution in [2.24, 2.45) is 5.92 Å². The number of nitrogens with two attached hydrogens (primary N) is 1. The van der Waals surface area contributed by atoms with Gasteiger partial charge in [0.05, 0.1) is 0 Å². The van der Waals surface area contributed by atoms with E-state index in [1.54, 1.807) is 6.07 Å². The van der Waals surface area contributed by atoms with Crippen LogP contribution in [0.4, 0.5) is 32.0 Å². The van der Waals surface area contributed by atoms with Crippen molar-refractivity contribution in [2.45, 2.75) is 18.9 Å². The molecule has 2 N–H and O–H groups in total. The van der Waals surface area contributed by atoms with Crippen molar-refractivity contribution in [3.8, 4) is 0 Å². The molecular weight excluding hydrogens is 302 g/mol. The van der Waals surface area contributed by atoms with Gasteiger partial charge in [0.1, 0.15) is 0 Å². The first-order chi connectivity index (χ1) is 9.44. The fourth-order valence-corrected chi connectivity index (χ4v) is 1.70. The Morgan fingerprint density at radius 3 is 2.05 bits per heavy atom. The number of hydrogen-bond donors (Lipinski definition) is 1. The Hall–Kier alpha value is -1.93. The first-order valence-corrected chi connectivity index (χ1v) is 5.66. The minimum absolute atomic E-state index is 0.174. The molecule has 0 bridgehead atoms. The van der Waals surface area contributed by atoms with Crippen LogP contribution in [0.1, 0.15) is 5.56 Å². The molecule has 0 heterocycles. The average Bonchev–Trinajstić information content (AvgIpc) is 2.28. The van der Waals surface area contributed by atoms with E-state index in [1.165, 1.54) is 18.2 Å². The third-order valence-electron chi connectivity index (χ3n) is 2.74. The maximum Gasteiger partial charge on any atom is 0.409 e. The lowest BCUT2D eigenvalue weighted by molar-refractivity contribution is -0.277. The number of alkyl halides is 6. The van der Waals surface area contributed by atoms with Gasteiger partial charge in [-0.1, -0.05) is 18.2 Å². The molecular formula is C12H12F6N2O. The number of benzene rings is 1. The Morgan fingerprint density at radius 2 is 1.62 bits per heavy atom. The fourth-order valence-electron chi connectivity index (χ4n) is 1.70. The van der Waals surface area contributed by atoms with Crippen LogP contribution >= 0.6 is 0 Å². The number of para-hydroxylation sites is 1. The third kappa shape index (κ3) is 4.27. The molecule has 0 aliphatic rings. The van der Waals surface area contributed by atoms with Crippen molar-refractivity contribution in [1.29, 1.82) is 0 Å². The number of amides is 1. The smallest absolute Gasteiger partial charge is 0.398 e. The highest BCUT2D eigenvalue weighted by Gasteiger charge is 2.61. The predicted molar refractivity (Wildman–Crippen MR) is 62.9 cm³/mol. The van der Waals surface area contributed by atoms with Gasteiger partial charge in [-0.2, -0.15) is 26.3 Å². The van der Waals surface area contributed by atoms with E-state index >= 15 is 0 Å². The van der Waals surface area contributed by atoms with Gasteiger partial charge >= 0.3 is 12.4 Å². The number of anilines is 1. The van der Waals surface area contributed by atoms with Crippen LogP contribution < -0.4 is 5.73 Å². The summed E-state index contributed by atoms with van der Waals surface area (Å²) in [5, 5.41) is 0. The predicted octanol–water partition coefficient (Wildman–Crippen LogP) is 2.97. The molecule has 1 aromatic carbocycles. The molecule has 0 fully saturated rings. The number of halogens is 6. The summed E-state index contributed by atoms with van der Waals surface area (Å²) < 4.78 is 74.7. The zero-order valence-electron chi connectivity index (χ0n) is 10.8. The Kier molecular flexibility index (Phi) is 4.75. The Balaban J connectivity index is 2.98. The highest BCUT2D eigenvalue weighted by atomic mass is 19.4. The molecule has 0 aromatic heterocycles. The minimum atomic E-state index is -5.70. The molecule has 1 rings (SSSR count). The van der Waals surface area contributed by atoms with Crippen LogP contribution in [0.3, 0.4) is 0 Å². The lowest BCUT2D eigenvalue weighted by Gasteiger charge is -2.27. The molecule has 9 heteroatoms. The van der Waals surface area contributed by atoms with Crippen molar-refractivity contribution in [2.75, 3.05) is 12.8 Å². The fraction of sp³-hybridized carbons (Fsp3) is 0.417. The van der Waals surface area contributed by atoms with Crippen LogP contribution in [0, 0.1) is 5.92 Å². The van der Waals surface area contributed by atoms with Crippen LogP contribution in [0.5, 0.6) is 0 Å². The summed E-state index contributed by atoms with van der Waals surface area (Å²) in [5.74, 6) is -6.11. The molecule has 0 atom stereocenters. The number of hydrogen-bond acceptors (Lipinski definition) is 2. The Morgan fingerprint density at radius 1 is 1.14 bits per heavy atom. The normalized spacial score (nSPS) is 12.6. The molecule has 0 saturated heterocycles. The van der Waals surface area contributed by atoms with Crippen molar-refractivity contribution >= 4 is 11.6 Å². The lowest BCUT2D eigenvalue weighted by atomic mass is 10.1. The molecule has 0 aliphatic carbocycles. The van der Waals surface area contributed by atoms with Gasteiger partial charge in [0.2, 0.25) is 11.8 Å². The van der Waals surface area contributed by atoms with Gasteiger partial charge in [-0.05, 0) is 11.6 Å². The van der Waals surface area contributed by atoms with Crippen molar-refractivity contribution in [1.82, 2.24) is 4.90 Å². The van der Waals surface area contributed by atoms with Gasteiger partial charge in [-0.3, -0.25) is 4.79 Å². The molecule has 118 valence electrons. The molecule has 0 aliphatic heterocycles. The quantitative estimate of drug-likeness (QED) is 0.689. The average molecular weight is 314 g/mol. The molecule has 0 radical (unpaired) electrons. The van der Waals surface area contributed by atoms with E-state index in [1.807, 2.05) is 0 Å². The van der Waals surface area contributed by atoms with Crippen molar-refractivity contribution in [3.05, 3.63) is 29.8 Å². The second-order valence-electron chi connectivity index (χ2n) is 4.41. The van der Waals surface area contributed by atoms with Crippen LogP contribution in [0.2, 0.25) is 0 Å². The summed E-state index contributed by atoms with van der Waals surface area (Å²) in [6, 6.07) is 5.90. The van der Waals surface area contributed by atoms with Crippen LogP contribution in [0.15, 0.2) is 24.3 Å². The largest absolute Gasteiger partial charge is 0.409 e. The van der Waals surface area contributed by atoms with E-state index in [4.69, 9.17) is 5.73 Å². The van der Waals surface area contributed by atoms with Crippen LogP contribution in [-0.4, -0.2) is 30.2 Å². The van der Waals surface area contributed by atoms with Gasteiger partial charge in [0, 0.05) is 19.3 Å². The minimum Gasteiger partial charge on any atom is -0.398 e. The molecule has 0 unspecified atom stereocenters. The first-order valence-electron chi connectivity index (χ1n) is 5.66. The van der Waals surface area contributed by atoms with Gasteiger partial charge in [-0.25, -0.2) is 0 Å². The molecule has 0 spiro atoms. The molecule has 0 saturated carbocycles. The van der Waals surface area contributed by atoms with E-state index in [9.17, 15) is 31.1 Å². The first kappa shape index (κ1) is 17.1. The number of carbonyl (C=O) groups is 1.